The summed E-state index contributed by atoms with van der Waals surface area (Å²) in [6.07, 6.45) is 1.85. The van der Waals surface area contributed by atoms with Crippen LogP contribution in [0.3, 0.4) is 0 Å². The summed E-state index contributed by atoms with van der Waals surface area (Å²) in [6, 6.07) is 6.56. The number of thiazole rings is 1. The van der Waals surface area contributed by atoms with Gasteiger partial charge in [0.05, 0.1) is 4.92 Å². The monoisotopic (exact) mass is 263 g/mol. The van der Waals surface area contributed by atoms with Crippen molar-refractivity contribution in [2.45, 2.75) is 20.0 Å². The maximum absolute atomic E-state index is 10.5. The Hall–Kier alpha value is -1.79. The van der Waals surface area contributed by atoms with Crippen LogP contribution in [0.5, 0.6) is 0 Å². The van der Waals surface area contributed by atoms with Crippen LogP contribution >= 0.6 is 11.3 Å². The first-order valence-electron chi connectivity index (χ1n) is 5.50. The van der Waals surface area contributed by atoms with Crippen LogP contribution in [0.15, 0.2) is 30.5 Å². The van der Waals surface area contributed by atoms with Gasteiger partial charge in [0.1, 0.15) is 5.01 Å². The highest BCUT2D eigenvalue weighted by atomic mass is 32.1. The quantitative estimate of drug-likeness (QED) is 0.665. The highest BCUT2D eigenvalue weighted by Gasteiger charge is 2.04. The van der Waals surface area contributed by atoms with Gasteiger partial charge in [0.15, 0.2) is 0 Å². The van der Waals surface area contributed by atoms with E-state index in [0.29, 0.717) is 6.54 Å². The van der Waals surface area contributed by atoms with Gasteiger partial charge in [-0.3, -0.25) is 10.1 Å². The summed E-state index contributed by atoms with van der Waals surface area (Å²) < 4.78 is 0. The van der Waals surface area contributed by atoms with E-state index in [-0.39, 0.29) is 5.69 Å². The van der Waals surface area contributed by atoms with Crippen LogP contribution in [0.4, 0.5) is 5.69 Å². The predicted molar refractivity (Wildman–Crippen MR) is 70.5 cm³/mol. The Balaban J connectivity index is 1.85. The van der Waals surface area contributed by atoms with Crippen molar-refractivity contribution in [2.24, 2.45) is 0 Å². The van der Waals surface area contributed by atoms with Gasteiger partial charge in [0, 0.05) is 36.3 Å². The Labute approximate surface area is 109 Å². The van der Waals surface area contributed by atoms with Gasteiger partial charge < -0.3 is 5.32 Å². The molecule has 1 heterocycles. The molecule has 18 heavy (non-hydrogen) atoms. The van der Waals surface area contributed by atoms with Crippen LogP contribution in [0.2, 0.25) is 0 Å². The number of non-ortho nitro benzene ring substituents is 1. The van der Waals surface area contributed by atoms with Crippen molar-refractivity contribution in [2.75, 3.05) is 0 Å². The number of aryl methyl sites for hydroxylation is 1. The molecule has 0 aliphatic heterocycles. The first-order chi connectivity index (χ1) is 8.65. The third kappa shape index (κ3) is 3.35. The minimum absolute atomic E-state index is 0.120. The predicted octanol–water partition coefficient (Wildman–Crippen LogP) is 2.65. The van der Waals surface area contributed by atoms with Crippen molar-refractivity contribution in [3.63, 3.8) is 0 Å². The molecule has 0 aliphatic rings. The molecule has 0 aliphatic carbocycles. The van der Waals surface area contributed by atoms with Crippen molar-refractivity contribution < 1.29 is 4.92 Å². The lowest BCUT2D eigenvalue weighted by molar-refractivity contribution is -0.384. The van der Waals surface area contributed by atoms with Crippen molar-refractivity contribution in [3.8, 4) is 0 Å². The molecule has 0 amide bonds. The summed E-state index contributed by atoms with van der Waals surface area (Å²) >= 11 is 1.67. The van der Waals surface area contributed by atoms with Crippen molar-refractivity contribution in [1.82, 2.24) is 10.3 Å². The van der Waals surface area contributed by atoms with Gasteiger partial charge in [0.2, 0.25) is 0 Å². The molecule has 2 rings (SSSR count). The molecule has 6 heteroatoms. The lowest BCUT2D eigenvalue weighted by Crippen LogP contribution is -2.12. The van der Waals surface area contributed by atoms with Crippen LogP contribution in [-0.2, 0) is 13.1 Å². The molecule has 0 saturated carbocycles. The Morgan fingerprint density at radius 2 is 2.06 bits per heavy atom. The van der Waals surface area contributed by atoms with E-state index in [0.717, 1.165) is 17.1 Å². The van der Waals surface area contributed by atoms with E-state index in [1.54, 1.807) is 23.5 Å². The highest BCUT2D eigenvalue weighted by molar-refractivity contribution is 7.11. The van der Waals surface area contributed by atoms with Gasteiger partial charge in [-0.1, -0.05) is 12.1 Å². The smallest absolute Gasteiger partial charge is 0.269 e. The van der Waals surface area contributed by atoms with Crippen molar-refractivity contribution >= 4 is 17.0 Å². The topological polar surface area (TPSA) is 68.1 Å². The lowest BCUT2D eigenvalue weighted by Gasteiger charge is -2.02. The summed E-state index contributed by atoms with van der Waals surface area (Å²) in [4.78, 5) is 15.6. The van der Waals surface area contributed by atoms with E-state index >= 15 is 0 Å². The molecule has 0 bridgehead atoms. The average Bonchev–Trinajstić information content (AvgIpc) is 2.76. The van der Waals surface area contributed by atoms with Crippen LogP contribution < -0.4 is 5.32 Å². The molecule has 1 aromatic carbocycles. The third-order valence-corrected chi connectivity index (χ3v) is 3.33. The number of hydrogen-bond donors (Lipinski definition) is 1. The van der Waals surface area contributed by atoms with Gasteiger partial charge in [0.25, 0.3) is 5.69 Å². The maximum atomic E-state index is 10.5. The number of aromatic nitrogens is 1. The standard InChI is InChI=1S/C12H13N3O2S/c1-9-6-14-12(18-9)8-13-7-10-2-4-11(5-3-10)15(16)17/h2-6,13H,7-8H2,1H3. The van der Waals surface area contributed by atoms with E-state index in [1.165, 1.54) is 17.0 Å². The summed E-state index contributed by atoms with van der Waals surface area (Å²) in [7, 11) is 0. The fourth-order valence-corrected chi connectivity index (χ4v) is 2.29. The van der Waals surface area contributed by atoms with Crippen LogP contribution in [0.25, 0.3) is 0 Å². The molecular weight excluding hydrogens is 250 g/mol. The molecule has 0 saturated heterocycles. The second kappa shape index (κ2) is 5.70. The Morgan fingerprint density at radius 3 is 2.61 bits per heavy atom. The van der Waals surface area contributed by atoms with Gasteiger partial charge in [-0.2, -0.15) is 0 Å². The second-order valence-corrected chi connectivity index (χ2v) is 5.21. The third-order valence-electron chi connectivity index (χ3n) is 2.42. The normalized spacial score (nSPS) is 10.5. The zero-order chi connectivity index (χ0) is 13.0. The maximum Gasteiger partial charge on any atom is 0.269 e. The molecule has 0 fully saturated rings. The molecule has 5 nitrogen and oxygen atoms in total. The first kappa shape index (κ1) is 12.7. The Morgan fingerprint density at radius 1 is 1.33 bits per heavy atom. The Bertz CT molecular complexity index is 537. The zero-order valence-corrected chi connectivity index (χ0v) is 10.7. The largest absolute Gasteiger partial charge is 0.306 e. The molecule has 1 N–H and O–H groups in total. The van der Waals surface area contributed by atoms with Crippen molar-refractivity contribution in [3.05, 3.63) is 56.0 Å². The number of rotatable bonds is 5. The van der Waals surface area contributed by atoms with Gasteiger partial charge in [-0.05, 0) is 12.5 Å². The summed E-state index contributed by atoms with van der Waals surface area (Å²) in [6.45, 7) is 3.42. The van der Waals surface area contributed by atoms with Gasteiger partial charge in [-0.15, -0.1) is 11.3 Å². The number of nitro benzene ring substituents is 1. The van der Waals surface area contributed by atoms with E-state index in [4.69, 9.17) is 0 Å². The number of hydrogen-bond acceptors (Lipinski definition) is 5. The fraction of sp³-hybridized carbons (Fsp3) is 0.250. The first-order valence-corrected chi connectivity index (χ1v) is 6.32. The van der Waals surface area contributed by atoms with Crippen molar-refractivity contribution in [1.29, 1.82) is 0 Å². The average molecular weight is 263 g/mol. The summed E-state index contributed by atoms with van der Waals surface area (Å²) in [5.74, 6) is 0. The molecule has 0 unspecified atom stereocenters. The summed E-state index contributed by atoms with van der Waals surface area (Å²) in [5, 5.41) is 14.8. The van der Waals surface area contributed by atoms with Gasteiger partial charge >= 0.3 is 0 Å². The van der Waals surface area contributed by atoms with E-state index in [9.17, 15) is 10.1 Å². The van der Waals surface area contributed by atoms with E-state index in [1.807, 2.05) is 13.1 Å². The number of benzene rings is 1. The van der Waals surface area contributed by atoms with Crippen LogP contribution in [0.1, 0.15) is 15.4 Å². The van der Waals surface area contributed by atoms with Gasteiger partial charge in [-0.25, -0.2) is 4.98 Å². The van der Waals surface area contributed by atoms with Crippen LogP contribution in [0, 0.1) is 17.0 Å². The van der Waals surface area contributed by atoms with E-state index in [2.05, 4.69) is 10.3 Å². The molecule has 2 aromatic rings. The van der Waals surface area contributed by atoms with Crippen LogP contribution in [-0.4, -0.2) is 9.91 Å². The molecule has 0 atom stereocenters. The minimum atomic E-state index is -0.393. The number of nitrogens with zero attached hydrogens (tertiary/aromatic N) is 2. The van der Waals surface area contributed by atoms with E-state index < -0.39 is 4.92 Å². The molecule has 0 spiro atoms. The molecule has 94 valence electrons. The SMILES string of the molecule is Cc1cnc(CNCc2ccc([N+](=O)[O-])cc2)s1. The Kier molecular flexibility index (Phi) is 4.01. The minimum Gasteiger partial charge on any atom is -0.306 e. The fourth-order valence-electron chi connectivity index (χ4n) is 1.53. The molecule has 0 radical (unpaired) electrons. The summed E-state index contributed by atoms with van der Waals surface area (Å²) in [5.41, 5.74) is 1.14. The molecule has 1 aromatic heterocycles. The lowest BCUT2D eigenvalue weighted by atomic mass is 10.2. The second-order valence-electron chi connectivity index (χ2n) is 3.89. The zero-order valence-electron chi connectivity index (χ0n) is 9.92. The number of nitro groups is 1. The highest BCUT2D eigenvalue weighted by Crippen LogP contribution is 2.13. The molecular formula is C12H13N3O2S. The number of nitrogens with one attached hydrogen (secondary N) is 1.